The highest BCUT2D eigenvalue weighted by atomic mass is 16.5. The quantitative estimate of drug-likeness (QED) is 0.121. The molecule has 254 valence electrons. The Morgan fingerprint density at radius 2 is 1.78 bits per heavy atom. The molecular weight excluding hydrogens is 594 g/mol. The Morgan fingerprint density at radius 1 is 1.04 bits per heavy atom. The standard InChI is InChI=1S/C33H49N5O8/c1-5-12-24(28(39)30(41)34-17-6-2)35-29(40)25-16-10-18-38(25)31(42)27(22-13-8-7-9-14-22)37-33(44)36-26(21(3)4)32(43)46-20-23-15-11-19-45-23/h6,11,15,19,21-22,24-27H,2,5,7-10,12-14,16-18,20H2,1,3-4H3,(H,34,41)(H,35,40)(H2,36,37,44). The van der Waals surface area contributed by atoms with Crippen LogP contribution in [-0.2, 0) is 35.3 Å². The van der Waals surface area contributed by atoms with Crippen LogP contribution in [0, 0.1) is 11.8 Å². The van der Waals surface area contributed by atoms with Gasteiger partial charge in [-0.15, -0.1) is 6.58 Å². The molecule has 4 unspecified atom stereocenters. The van der Waals surface area contributed by atoms with E-state index in [-0.39, 0.29) is 37.3 Å². The fourth-order valence-corrected chi connectivity index (χ4v) is 6.01. The number of urea groups is 1. The summed E-state index contributed by atoms with van der Waals surface area (Å²) in [5.74, 6) is -3.08. The Bertz CT molecular complexity index is 1210. The number of nitrogens with zero attached hydrogens (tertiary/aromatic N) is 1. The molecule has 1 saturated carbocycles. The van der Waals surface area contributed by atoms with Gasteiger partial charge in [0.1, 0.15) is 30.5 Å². The lowest BCUT2D eigenvalue weighted by Crippen LogP contribution is -2.60. The van der Waals surface area contributed by atoms with Crippen LogP contribution in [0.5, 0.6) is 0 Å². The van der Waals surface area contributed by atoms with Crippen molar-refractivity contribution >= 4 is 35.5 Å². The molecule has 5 amide bonds. The summed E-state index contributed by atoms with van der Waals surface area (Å²) in [5.41, 5.74) is 0. The number of hydrogen-bond acceptors (Lipinski definition) is 8. The van der Waals surface area contributed by atoms with Crippen LogP contribution < -0.4 is 21.3 Å². The third kappa shape index (κ3) is 10.2. The zero-order valence-corrected chi connectivity index (χ0v) is 27.2. The first-order valence-electron chi connectivity index (χ1n) is 16.4. The first-order chi connectivity index (χ1) is 22.1. The lowest BCUT2D eigenvalue weighted by molar-refractivity contribution is -0.149. The second-order valence-electron chi connectivity index (χ2n) is 12.3. The summed E-state index contributed by atoms with van der Waals surface area (Å²) < 4.78 is 10.6. The Labute approximate surface area is 270 Å². The second kappa shape index (κ2) is 18.1. The van der Waals surface area contributed by atoms with Crippen LogP contribution in [0.15, 0.2) is 35.5 Å². The van der Waals surface area contributed by atoms with Crippen molar-refractivity contribution in [3.63, 3.8) is 0 Å². The van der Waals surface area contributed by atoms with E-state index in [1.807, 2.05) is 6.92 Å². The number of ether oxygens (including phenoxy) is 1. The normalized spacial score (nSPS) is 18.6. The van der Waals surface area contributed by atoms with Crippen molar-refractivity contribution in [3.8, 4) is 0 Å². The van der Waals surface area contributed by atoms with E-state index >= 15 is 0 Å². The molecule has 4 N–H and O–H groups in total. The van der Waals surface area contributed by atoms with E-state index in [0.717, 1.165) is 32.1 Å². The Hall–Kier alpha value is -4.16. The molecule has 13 heteroatoms. The van der Waals surface area contributed by atoms with Crippen LogP contribution >= 0.6 is 0 Å². The van der Waals surface area contributed by atoms with Gasteiger partial charge in [0.2, 0.25) is 17.6 Å². The third-order valence-corrected chi connectivity index (χ3v) is 8.50. The van der Waals surface area contributed by atoms with E-state index in [1.54, 1.807) is 26.0 Å². The van der Waals surface area contributed by atoms with Crippen LogP contribution in [0.2, 0.25) is 0 Å². The van der Waals surface area contributed by atoms with Gasteiger partial charge >= 0.3 is 12.0 Å². The van der Waals surface area contributed by atoms with Crippen LogP contribution in [0.3, 0.4) is 0 Å². The number of hydrogen-bond donors (Lipinski definition) is 4. The number of carbonyl (C=O) groups is 6. The minimum Gasteiger partial charge on any atom is -0.466 e. The number of amides is 5. The van der Waals surface area contributed by atoms with E-state index in [9.17, 15) is 28.8 Å². The number of furan rings is 1. The smallest absolute Gasteiger partial charge is 0.329 e. The van der Waals surface area contributed by atoms with Crippen molar-refractivity contribution in [1.29, 1.82) is 0 Å². The average molecular weight is 644 g/mol. The van der Waals surface area contributed by atoms with Gasteiger partial charge in [-0.1, -0.05) is 52.5 Å². The third-order valence-electron chi connectivity index (χ3n) is 8.50. The first kappa shape index (κ1) is 36.3. The lowest BCUT2D eigenvalue weighted by Gasteiger charge is -2.35. The fraction of sp³-hybridized carbons (Fsp3) is 0.636. The molecule has 1 aromatic heterocycles. The van der Waals surface area contributed by atoms with Crippen molar-refractivity contribution in [2.24, 2.45) is 11.8 Å². The fourth-order valence-electron chi connectivity index (χ4n) is 6.01. The van der Waals surface area contributed by atoms with Crippen molar-refractivity contribution < 1.29 is 37.9 Å². The van der Waals surface area contributed by atoms with E-state index in [4.69, 9.17) is 9.15 Å². The zero-order valence-electron chi connectivity index (χ0n) is 27.2. The van der Waals surface area contributed by atoms with E-state index in [0.29, 0.717) is 31.6 Å². The molecule has 2 heterocycles. The second-order valence-corrected chi connectivity index (χ2v) is 12.3. The summed E-state index contributed by atoms with van der Waals surface area (Å²) in [4.78, 5) is 80.4. The summed E-state index contributed by atoms with van der Waals surface area (Å²) in [5, 5.41) is 10.7. The number of likely N-dealkylation sites (tertiary alicyclic amines) is 1. The molecule has 2 aliphatic rings. The monoisotopic (exact) mass is 643 g/mol. The van der Waals surface area contributed by atoms with Gasteiger partial charge in [0.25, 0.3) is 5.91 Å². The highest BCUT2D eigenvalue weighted by Gasteiger charge is 2.42. The largest absolute Gasteiger partial charge is 0.466 e. The molecule has 0 radical (unpaired) electrons. The van der Waals surface area contributed by atoms with Gasteiger partial charge in [-0.2, -0.15) is 0 Å². The number of nitrogens with one attached hydrogen (secondary N) is 4. The molecule has 3 rings (SSSR count). The first-order valence-corrected chi connectivity index (χ1v) is 16.4. The maximum atomic E-state index is 14.1. The van der Waals surface area contributed by atoms with E-state index < -0.39 is 53.8 Å². The number of rotatable bonds is 16. The predicted octanol–water partition coefficient (Wildman–Crippen LogP) is 2.74. The summed E-state index contributed by atoms with van der Waals surface area (Å²) in [6.07, 6.45) is 8.99. The van der Waals surface area contributed by atoms with Crippen LogP contribution in [0.4, 0.5) is 4.79 Å². The molecule has 13 nitrogen and oxygen atoms in total. The van der Waals surface area contributed by atoms with Crippen LogP contribution in [0.1, 0.15) is 84.3 Å². The highest BCUT2D eigenvalue weighted by Crippen LogP contribution is 2.29. The summed E-state index contributed by atoms with van der Waals surface area (Å²) in [7, 11) is 0. The minimum atomic E-state index is -1.03. The summed E-state index contributed by atoms with van der Waals surface area (Å²) >= 11 is 0. The van der Waals surface area contributed by atoms with Gasteiger partial charge in [0.05, 0.1) is 12.3 Å². The van der Waals surface area contributed by atoms with Gasteiger partial charge in [0, 0.05) is 13.1 Å². The molecule has 2 fully saturated rings. The summed E-state index contributed by atoms with van der Waals surface area (Å²) in [6, 6.07) is -1.11. The summed E-state index contributed by atoms with van der Waals surface area (Å²) in [6.45, 7) is 9.26. The van der Waals surface area contributed by atoms with Crippen molar-refractivity contribution in [2.75, 3.05) is 13.1 Å². The van der Waals surface area contributed by atoms with Crippen molar-refractivity contribution in [1.82, 2.24) is 26.2 Å². The van der Waals surface area contributed by atoms with Gasteiger partial charge in [-0.05, 0) is 56.1 Å². The van der Waals surface area contributed by atoms with Crippen LogP contribution in [0.25, 0.3) is 0 Å². The number of esters is 1. The number of Topliss-reactive ketones (excluding diaryl/α,β-unsaturated/α-hetero) is 1. The Balaban J connectivity index is 1.72. The molecule has 4 atom stereocenters. The topological polar surface area (TPSA) is 176 Å². The molecule has 0 bridgehead atoms. The Kier molecular flexibility index (Phi) is 14.3. The van der Waals surface area contributed by atoms with Gasteiger partial charge < -0.3 is 35.3 Å². The molecule has 1 aromatic rings. The number of carbonyl (C=O) groups excluding carboxylic acids is 6. The molecule has 1 saturated heterocycles. The molecule has 1 aliphatic carbocycles. The van der Waals surface area contributed by atoms with Gasteiger partial charge in [-0.3, -0.25) is 19.2 Å². The SMILES string of the molecule is C=CCNC(=O)C(=O)C(CCC)NC(=O)C1CCCN1C(=O)C(NC(=O)NC(C(=O)OCc1ccco1)C(C)C)C1CCCCC1. The average Bonchev–Trinajstić information content (AvgIpc) is 3.76. The highest BCUT2D eigenvalue weighted by molar-refractivity contribution is 6.38. The molecule has 0 aromatic carbocycles. The predicted molar refractivity (Wildman–Crippen MR) is 169 cm³/mol. The molecule has 0 spiro atoms. The Morgan fingerprint density at radius 3 is 2.41 bits per heavy atom. The van der Waals surface area contributed by atoms with Crippen molar-refractivity contribution in [2.45, 2.75) is 109 Å². The van der Waals surface area contributed by atoms with Gasteiger partial charge in [0.15, 0.2) is 0 Å². The van der Waals surface area contributed by atoms with Gasteiger partial charge in [-0.25, -0.2) is 9.59 Å². The maximum Gasteiger partial charge on any atom is 0.329 e. The molecular formula is C33H49N5O8. The van der Waals surface area contributed by atoms with Crippen LogP contribution in [-0.4, -0.2) is 77.7 Å². The molecule has 46 heavy (non-hydrogen) atoms. The zero-order chi connectivity index (χ0) is 33.6. The van der Waals surface area contributed by atoms with E-state index in [2.05, 4.69) is 27.8 Å². The van der Waals surface area contributed by atoms with E-state index in [1.165, 1.54) is 17.2 Å². The van der Waals surface area contributed by atoms with Crippen molar-refractivity contribution in [3.05, 3.63) is 36.8 Å². The number of ketones is 1. The minimum absolute atomic E-state index is 0.0792. The maximum absolute atomic E-state index is 14.1. The lowest BCUT2D eigenvalue weighted by atomic mass is 9.83. The molecule has 1 aliphatic heterocycles.